The molecule has 0 spiro atoms. The average molecular weight is 375 g/mol. The second-order valence-electron chi connectivity index (χ2n) is 6.89. The van der Waals surface area contributed by atoms with Gasteiger partial charge in [0, 0.05) is 37.9 Å². The van der Waals surface area contributed by atoms with Crippen LogP contribution in [0.3, 0.4) is 0 Å². The minimum atomic E-state index is -3.37. The first kappa shape index (κ1) is 18.5. The maximum absolute atomic E-state index is 13.2. The van der Waals surface area contributed by atoms with E-state index in [1.807, 2.05) is 6.92 Å². The molecule has 6 nitrogen and oxygen atoms in total. The van der Waals surface area contributed by atoms with Gasteiger partial charge in [0.15, 0.2) is 11.6 Å². The van der Waals surface area contributed by atoms with Gasteiger partial charge in [-0.15, -0.1) is 0 Å². The Morgan fingerprint density at radius 2 is 2.00 bits per heavy atom. The molecular weight excluding hydrogens is 352 g/mol. The lowest BCUT2D eigenvalue weighted by atomic mass is 10.1. The van der Waals surface area contributed by atoms with Crippen LogP contribution in [0.1, 0.15) is 19.8 Å². The highest BCUT2D eigenvalue weighted by Gasteiger charge is 2.37. The summed E-state index contributed by atoms with van der Waals surface area (Å²) in [5.74, 6) is -1.57. The van der Waals surface area contributed by atoms with Crippen molar-refractivity contribution in [1.29, 1.82) is 0 Å². The van der Waals surface area contributed by atoms with Gasteiger partial charge >= 0.3 is 0 Å². The minimum absolute atomic E-state index is 0.0434. The van der Waals surface area contributed by atoms with E-state index >= 15 is 0 Å². The molecule has 0 bridgehead atoms. The number of ether oxygens (including phenoxy) is 1. The van der Waals surface area contributed by atoms with Crippen LogP contribution in [0.25, 0.3) is 0 Å². The van der Waals surface area contributed by atoms with Crippen LogP contribution in [0.5, 0.6) is 5.75 Å². The SMILES string of the molecule is C[C@@]1(CS(=O)(=O)N2CCC(Oc3ccc(F)c(F)c3)CC2)CNCN1. The van der Waals surface area contributed by atoms with E-state index in [1.165, 1.54) is 10.4 Å². The zero-order chi connectivity index (χ0) is 18.1. The van der Waals surface area contributed by atoms with Gasteiger partial charge < -0.3 is 10.1 Å². The molecule has 1 aromatic carbocycles. The van der Waals surface area contributed by atoms with Crippen molar-refractivity contribution in [3.05, 3.63) is 29.8 Å². The molecule has 3 rings (SSSR count). The van der Waals surface area contributed by atoms with Crippen molar-refractivity contribution in [3.8, 4) is 5.75 Å². The predicted octanol–water partition coefficient (Wildman–Crippen LogP) is 1.05. The van der Waals surface area contributed by atoms with E-state index in [0.717, 1.165) is 12.1 Å². The Balaban J connectivity index is 1.55. The number of hydrogen-bond acceptors (Lipinski definition) is 5. The third-order valence-electron chi connectivity index (χ3n) is 4.64. The number of benzene rings is 1. The van der Waals surface area contributed by atoms with Crippen molar-refractivity contribution >= 4 is 10.0 Å². The van der Waals surface area contributed by atoms with E-state index in [2.05, 4.69) is 10.6 Å². The van der Waals surface area contributed by atoms with Gasteiger partial charge in [-0.1, -0.05) is 0 Å². The number of hydrogen-bond donors (Lipinski definition) is 2. The van der Waals surface area contributed by atoms with Crippen molar-refractivity contribution in [2.24, 2.45) is 0 Å². The van der Waals surface area contributed by atoms with Crippen molar-refractivity contribution in [1.82, 2.24) is 14.9 Å². The van der Waals surface area contributed by atoms with E-state index in [4.69, 9.17) is 4.74 Å². The maximum atomic E-state index is 13.2. The first-order valence-electron chi connectivity index (χ1n) is 8.33. The second kappa shape index (κ2) is 7.14. The first-order valence-corrected chi connectivity index (χ1v) is 9.94. The van der Waals surface area contributed by atoms with Crippen LogP contribution in [-0.4, -0.2) is 56.4 Å². The highest BCUT2D eigenvalue weighted by atomic mass is 32.2. The zero-order valence-corrected chi connectivity index (χ0v) is 14.9. The summed E-state index contributed by atoms with van der Waals surface area (Å²) in [5.41, 5.74) is -0.460. The van der Waals surface area contributed by atoms with E-state index in [0.29, 0.717) is 39.1 Å². The van der Waals surface area contributed by atoms with Gasteiger partial charge in [0.25, 0.3) is 0 Å². The summed E-state index contributed by atoms with van der Waals surface area (Å²) in [5, 5.41) is 6.28. The number of piperidine rings is 1. The molecule has 9 heteroatoms. The van der Waals surface area contributed by atoms with Gasteiger partial charge in [0.05, 0.1) is 5.75 Å². The fourth-order valence-corrected chi connectivity index (χ4v) is 5.20. The highest BCUT2D eigenvalue weighted by molar-refractivity contribution is 7.89. The molecule has 1 atom stereocenters. The summed E-state index contributed by atoms with van der Waals surface area (Å²) in [6.07, 6.45) is 0.819. The molecule has 0 radical (unpaired) electrons. The predicted molar refractivity (Wildman–Crippen MR) is 89.8 cm³/mol. The van der Waals surface area contributed by atoms with Crippen LogP contribution < -0.4 is 15.4 Å². The van der Waals surface area contributed by atoms with Crippen LogP contribution in [0.2, 0.25) is 0 Å². The number of halogens is 2. The average Bonchev–Trinajstić information content (AvgIpc) is 2.97. The molecule has 0 unspecified atom stereocenters. The molecule has 0 saturated carbocycles. The van der Waals surface area contributed by atoms with Crippen LogP contribution in [0.4, 0.5) is 8.78 Å². The molecule has 2 heterocycles. The molecule has 2 aliphatic rings. The van der Waals surface area contributed by atoms with E-state index < -0.39 is 27.2 Å². The van der Waals surface area contributed by atoms with Gasteiger partial charge in [-0.25, -0.2) is 21.5 Å². The van der Waals surface area contributed by atoms with E-state index in [9.17, 15) is 17.2 Å². The highest BCUT2D eigenvalue weighted by Crippen LogP contribution is 2.23. The van der Waals surface area contributed by atoms with Crippen LogP contribution >= 0.6 is 0 Å². The lowest BCUT2D eigenvalue weighted by molar-refractivity contribution is 0.134. The summed E-state index contributed by atoms with van der Waals surface area (Å²) < 4.78 is 58.6. The normalized spacial score (nSPS) is 26.0. The Hall–Kier alpha value is -1.29. The molecule has 2 aliphatic heterocycles. The molecule has 25 heavy (non-hydrogen) atoms. The Labute approximate surface area is 146 Å². The number of sulfonamides is 1. The fraction of sp³-hybridized carbons (Fsp3) is 0.625. The number of nitrogens with one attached hydrogen (secondary N) is 2. The van der Waals surface area contributed by atoms with Crippen molar-refractivity contribution in [2.45, 2.75) is 31.4 Å². The van der Waals surface area contributed by atoms with Crippen LogP contribution in [-0.2, 0) is 10.0 Å². The molecule has 0 aromatic heterocycles. The van der Waals surface area contributed by atoms with Crippen molar-refractivity contribution < 1.29 is 21.9 Å². The smallest absolute Gasteiger partial charge is 0.215 e. The van der Waals surface area contributed by atoms with Gasteiger partial charge in [-0.2, -0.15) is 0 Å². The number of nitrogens with zero attached hydrogens (tertiary/aromatic N) is 1. The largest absolute Gasteiger partial charge is 0.490 e. The Morgan fingerprint density at radius 3 is 2.60 bits per heavy atom. The summed E-state index contributed by atoms with van der Waals surface area (Å²) in [6.45, 7) is 3.84. The van der Waals surface area contributed by atoms with Gasteiger partial charge in [0.1, 0.15) is 11.9 Å². The van der Waals surface area contributed by atoms with Crippen LogP contribution in [0, 0.1) is 11.6 Å². The molecule has 1 aromatic rings. The maximum Gasteiger partial charge on any atom is 0.215 e. The number of rotatable bonds is 5. The van der Waals surface area contributed by atoms with Crippen molar-refractivity contribution in [3.63, 3.8) is 0 Å². The molecule has 2 fully saturated rings. The third kappa shape index (κ3) is 4.46. The summed E-state index contributed by atoms with van der Waals surface area (Å²) in [4.78, 5) is 0. The Morgan fingerprint density at radius 1 is 1.28 bits per heavy atom. The summed E-state index contributed by atoms with van der Waals surface area (Å²) in [6, 6.07) is 3.41. The lowest BCUT2D eigenvalue weighted by Gasteiger charge is -2.33. The Bertz CT molecular complexity index is 715. The molecular formula is C16H23F2N3O3S. The van der Waals surface area contributed by atoms with Crippen molar-refractivity contribution in [2.75, 3.05) is 32.1 Å². The zero-order valence-electron chi connectivity index (χ0n) is 14.1. The topological polar surface area (TPSA) is 70.7 Å². The molecule has 0 amide bonds. The Kier molecular flexibility index (Phi) is 5.29. The standard InChI is InChI=1S/C16H23F2N3O3S/c1-16(9-19-11-20-16)10-25(22,23)21-6-4-12(5-7-21)24-13-2-3-14(17)15(18)8-13/h2-3,8,12,19-20H,4-7,9-11H2,1H3/t16-/m0/s1. The fourth-order valence-electron chi connectivity index (χ4n) is 3.24. The van der Waals surface area contributed by atoms with Gasteiger partial charge in [-0.05, 0) is 31.9 Å². The monoisotopic (exact) mass is 375 g/mol. The van der Waals surface area contributed by atoms with Gasteiger partial charge in [-0.3, -0.25) is 5.32 Å². The minimum Gasteiger partial charge on any atom is -0.490 e. The molecule has 140 valence electrons. The van der Waals surface area contributed by atoms with Gasteiger partial charge in [0.2, 0.25) is 10.0 Å². The van der Waals surface area contributed by atoms with E-state index in [1.54, 1.807) is 0 Å². The van der Waals surface area contributed by atoms with Crippen LogP contribution in [0.15, 0.2) is 18.2 Å². The third-order valence-corrected chi connectivity index (χ3v) is 6.80. The summed E-state index contributed by atoms with van der Waals surface area (Å²) >= 11 is 0. The second-order valence-corrected chi connectivity index (χ2v) is 8.86. The molecule has 0 aliphatic carbocycles. The van der Waals surface area contributed by atoms with E-state index in [-0.39, 0.29) is 17.6 Å². The quantitative estimate of drug-likeness (QED) is 0.805. The molecule has 2 saturated heterocycles. The lowest BCUT2D eigenvalue weighted by Crippen LogP contribution is -2.51. The summed E-state index contributed by atoms with van der Waals surface area (Å²) in [7, 11) is -3.37. The first-order chi connectivity index (χ1) is 11.8. The molecule has 2 N–H and O–H groups in total.